The molecule has 2 fully saturated rings. The quantitative estimate of drug-likeness (QED) is 0.444. The van der Waals surface area contributed by atoms with E-state index < -0.39 is 17.9 Å². The van der Waals surface area contributed by atoms with Crippen LogP contribution in [0.5, 0.6) is 11.5 Å². The Hall–Kier alpha value is -3.36. The van der Waals surface area contributed by atoms with Crippen LogP contribution in [0.1, 0.15) is 80.5 Å². The van der Waals surface area contributed by atoms with Crippen LogP contribution in [0.4, 0.5) is 0 Å². The van der Waals surface area contributed by atoms with Gasteiger partial charge in [0.05, 0.1) is 38.4 Å². The van der Waals surface area contributed by atoms with Crippen LogP contribution >= 0.6 is 0 Å². The maximum atomic E-state index is 14.5. The minimum absolute atomic E-state index is 0.00392. The van der Waals surface area contributed by atoms with Crippen LogP contribution in [0.25, 0.3) is 0 Å². The molecule has 2 amide bonds. The van der Waals surface area contributed by atoms with Crippen molar-refractivity contribution in [1.82, 2.24) is 14.9 Å². The molecular formula is C30H42N4O5. The molecule has 1 aromatic heterocycles. The maximum absolute atomic E-state index is 14.5. The summed E-state index contributed by atoms with van der Waals surface area (Å²) in [7, 11) is 3.22. The zero-order valence-electron chi connectivity index (χ0n) is 23.4. The van der Waals surface area contributed by atoms with Crippen LogP contribution in [0.15, 0.2) is 24.7 Å². The molecule has 1 saturated heterocycles. The monoisotopic (exact) mass is 538 g/mol. The summed E-state index contributed by atoms with van der Waals surface area (Å²) in [6.45, 7) is 2.50. The molecule has 0 bridgehead atoms. The predicted octanol–water partition coefficient (Wildman–Crippen LogP) is 4.08. The van der Waals surface area contributed by atoms with E-state index in [1.54, 1.807) is 25.3 Å². The maximum Gasteiger partial charge on any atom is 0.231 e. The predicted molar refractivity (Wildman–Crippen MR) is 148 cm³/mol. The van der Waals surface area contributed by atoms with Gasteiger partial charge < -0.3 is 25.1 Å². The largest absolute Gasteiger partial charge is 0.493 e. The molecule has 0 unspecified atom stereocenters. The molecule has 212 valence electrons. The van der Waals surface area contributed by atoms with Crippen molar-refractivity contribution >= 4 is 17.6 Å². The summed E-state index contributed by atoms with van der Waals surface area (Å²) in [6, 6.07) is 3.41. The van der Waals surface area contributed by atoms with Crippen molar-refractivity contribution in [2.24, 2.45) is 17.6 Å². The fourth-order valence-corrected chi connectivity index (χ4v) is 6.47. The zero-order chi connectivity index (χ0) is 27.9. The summed E-state index contributed by atoms with van der Waals surface area (Å²) in [5.74, 6) is -0.179. The molecule has 0 spiro atoms. The number of aryl methyl sites for hydroxylation is 1. The SMILES string of the molecule is COc1cc([C@@H](C(=O)N2CCCC[C@H]2C(=O)C[C@H](Cc2cnc[nH]2)C(N)=O)C2CCCCC2)cc(C)c1OC. The number of imidazole rings is 1. The lowest BCUT2D eigenvalue weighted by molar-refractivity contribution is -0.144. The van der Waals surface area contributed by atoms with E-state index in [2.05, 4.69) is 9.97 Å². The van der Waals surface area contributed by atoms with Gasteiger partial charge in [-0.2, -0.15) is 0 Å². The average molecular weight is 539 g/mol. The Bertz CT molecular complexity index is 1140. The summed E-state index contributed by atoms with van der Waals surface area (Å²) in [5.41, 5.74) is 8.26. The number of nitrogens with one attached hydrogen (secondary N) is 1. The van der Waals surface area contributed by atoms with Crippen LogP contribution in [-0.2, 0) is 20.8 Å². The second-order valence-electron chi connectivity index (χ2n) is 11.0. The highest BCUT2D eigenvalue weighted by Gasteiger charge is 2.40. The Morgan fingerprint density at radius 1 is 1.08 bits per heavy atom. The van der Waals surface area contributed by atoms with Crippen LogP contribution in [-0.4, -0.2) is 59.3 Å². The highest BCUT2D eigenvalue weighted by molar-refractivity contribution is 5.94. The lowest BCUT2D eigenvalue weighted by Crippen LogP contribution is -2.51. The van der Waals surface area contributed by atoms with Crippen molar-refractivity contribution in [3.05, 3.63) is 41.5 Å². The normalized spacial score (nSPS) is 19.8. The topological polar surface area (TPSA) is 128 Å². The molecule has 9 heteroatoms. The molecule has 9 nitrogen and oxygen atoms in total. The van der Waals surface area contributed by atoms with Gasteiger partial charge in [0.1, 0.15) is 0 Å². The third kappa shape index (κ3) is 6.62. The fraction of sp³-hybridized carbons (Fsp3) is 0.600. The number of Topliss-reactive ketones (excluding diaryl/α,β-unsaturated/α-hetero) is 1. The molecular weight excluding hydrogens is 496 g/mol. The van der Waals surface area contributed by atoms with E-state index in [4.69, 9.17) is 15.2 Å². The minimum atomic E-state index is -0.653. The fourth-order valence-electron chi connectivity index (χ4n) is 6.47. The highest BCUT2D eigenvalue weighted by Crippen LogP contribution is 2.42. The van der Waals surface area contributed by atoms with E-state index in [0.717, 1.165) is 55.3 Å². The smallest absolute Gasteiger partial charge is 0.231 e. The van der Waals surface area contributed by atoms with E-state index in [9.17, 15) is 14.4 Å². The van der Waals surface area contributed by atoms with Gasteiger partial charge in [0.2, 0.25) is 11.8 Å². The molecule has 1 aliphatic carbocycles. The summed E-state index contributed by atoms with van der Waals surface area (Å²) in [4.78, 5) is 49.1. The Morgan fingerprint density at radius 3 is 2.46 bits per heavy atom. The zero-order valence-corrected chi connectivity index (χ0v) is 23.4. The van der Waals surface area contributed by atoms with Crippen molar-refractivity contribution in [3.63, 3.8) is 0 Å². The molecule has 3 N–H and O–H groups in total. The molecule has 0 radical (unpaired) electrons. The number of nitrogens with two attached hydrogens (primary N) is 1. The number of amides is 2. The van der Waals surface area contributed by atoms with Gasteiger partial charge in [0.25, 0.3) is 0 Å². The number of hydrogen-bond donors (Lipinski definition) is 2. The standard InChI is InChI=1S/C30H42N4O5/c1-19-13-21(16-26(38-2)28(19)39-3)27(20-9-5-4-6-10-20)30(37)34-12-8-7-11-24(34)25(35)15-22(29(31)36)14-23-17-32-18-33-23/h13,16-18,20,22,24,27H,4-12,14-15H2,1-3H3,(H2,31,36)(H,32,33)/t22-,24-,27-/m0/s1. The second kappa shape index (κ2) is 13.1. The minimum Gasteiger partial charge on any atom is -0.493 e. The van der Waals surface area contributed by atoms with Crippen molar-refractivity contribution in [1.29, 1.82) is 0 Å². The summed E-state index contributed by atoms with van der Waals surface area (Å²) >= 11 is 0. The van der Waals surface area contributed by atoms with Gasteiger partial charge in [-0.25, -0.2) is 4.98 Å². The number of likely N-dealkylation sites (tertiary alicyclic amines) is 1. The Balaban J connectivity index is 1.62. The molecule has 3 atom stereocenters. The van der Waals surface area contributed by atoms with E-state index in [1.807, 2.05) is 19.1 Å². The van der Waals surface area contributed by atoms with Crippen LogP contribution in [0, 0.1) is 18.8 Å². The lowest BCUT2D eigenvalue weighted by Gasteiger charge is -2.40. The van der Waals surface area contributed by atoms with Gasteiger partial charge >= 0.3 is 0 Å². The van der Waals surface area contributed by atoms with E-state index in [0.29, 0.717) is 30.9 Å². The second-order valence-corrected chi connectivity index (χ2v) is 11.0. The van der Waals surface area contributed by atoms with Gasteiger partial charge in [0.15, 0.2) is 17.3 Å². The number of methoxy groups -OCH3 is 2. The van der Waals surface area contributed by atoms with Gasteiger partial charge in [-0.15, -0.1) is 0 Å². The van der Waals surface area contributed by atoms with Gasteiger partial charge in [-0.1, -0.05) is 25.3 Å². The first kappa shape index (κ1) is 28.6. The highest BCUT2D eigenvalue weighted by atomic mass is 16.5. The average Bonchev–Trinajstić information content (AvgIpc) is 3.46. The number of H-pyrrole nitrogens is 1. The molecule has 2 heterocycles. The Kier molecular flexibility index (Phi) is 9.64. The number of carbonyl (C=O) groups excluding carboxylic acids is 3. The van der Waals surface area contributed by atoms with E-state index in [1.165, 1.54) is 12.7 Å². The molecule has 2 aromatic rings. The number of aromatic nitrogens is 2. The number of ketones is 1. The van der Waals surface area contributed by atoms with Crippen LogP contribution in [0.3, 0.4) is 0 Å². The van der Waals surface area contributed by atoms with E-state index in [-0.39, 0.29) is 29.9 Å². The number of nitrogens with zero attached hydrogens (tertiary/aromatic N) is 2. The number of primary amides is 1. The number of carbonyl (C=O) groups is 3. The third-order valence-electron chi connectivity index (χ3n) is 8.46. The van der Waals surface area contributed by atoms with Crippen molar-refractivity contribution in [2.75, 3.05) is 20.8 Å². The van der Waals surface area contributed by atoms with Gasteiger partial charge in [-0.3, -0.25) is 14.4 Å². The molecule has 4 rings (SSSR count). The van der Waals surface area contributed by atoms with Gasteiger partial charge in [0, 0.05) is 31.3 Å². The summed E-state index contributed by atoms with van der Waals surface area (Å²) in [5, 5.41) is 0. The van der Waals surface area contributed by atoms with Crippen molar-refractivity contribution in [3.8, 4) is 11.5 Å². The molecule has 39 heavy (non-hydrogen) atoms. The number of rotatable bonds is 11. The molecule has 2 aliphatic rings. The van der Waals surface area contributed by atoms with Crippen LogP contribution in [0.2, 0.25) is 0 Å². The number of hydrogen-bond acceptors (Lipinski definition) is 6. The molecule has 1 saturated carbocycles. The first-order chi connectivity index (χ1) is 18.8. The van der Waals surface area contributed by atoms with Crippen molar-refractivity contribution in [2.45, 2.75) is 83.1 Å². The number of benzene rings is 1. The Morgan fingerprint density at radius 2 is 1.82 bits per heavy atom. The van der Waals surface area contributed by atoms with Gasteiger partial charge in [-0.05, 0) is 62.1 Å². The number of aromatic amines is 1. The summed E-state index contributed by atoms with van der Waals surface area (Å²) < 4.78 is 11.2. The number of piperidine rings is 1. The summed E-state index contributed by atoms with van der Waals surface area (Å²) in [6.07, 6.45) is 11.1. The first-order valence-corrected chi connectivity index (χ1v) is 14.2. The van der Waals surface area contributed by atoms with Crippen molar-refractivity contribution < 1.29 is 23.9 Å². The number of ether oxygens (including phenoxy) is 2. The molecule has 1 aliphatic heterocycles. The first-order valence-electron chi connectivity index (χ1n) is 14.2. The van der Waals surface area contributed by atoms with E-state index >= 15 is 0 Å². The lowest BCUT2D eigenvalue weighted by atomic mass is 9.75. The Labute approximate surface area is 230 Å². The molecule has 1 aromatic carbocycles. The van der Waals surface area contributed by atoms with Crippen LogP contribution < -0.4 is 15.2 Å². The third-order valence-corrected chi connectivity index (χ3v) is 8.46.